The molecule has 0 saturated heterocycles. The van der Waals surface area contributed by atoms with Crippen LogP contribution in [0.15, 0.2) is 12.7 Å². The summed E-state index contributed by atoms with van der Waals surface area (Å²) in [5.74, 6) is 0. The van der Waals surface area contributed by atoms with Crippen LogP contribution < -0.4 is 0 Å². The lowest BCUT2D eigenvalue weighted by Gasteiger charge is -2.01. The largest absolute Gasteiger partial charge is 0.381 e. The molecule has 0 radical (unpaired) electrons. The molecule has 0 fully saturated rings. The lowest BCUT2D eigenvalue weighted by molar-refractivity contribution is -0.108. The van der Waals surface area contributed by atoms with Gasteiger partial charge in [-0.2, -0.15) is 0 Å². The zero-order valence-corrected chi connectivity index (χ0v) is 9.04. The van der Waals surface area contributed by atoms with Gasteiger partial charge in [-0.1, -0.05) is 25.3 Å². The lowest BCUT2D eigenvalue weighted by atomic mass is 10.1. The highest BCUT2D eigenvalue weighted by molar-refractivity contribution is 5.49. The van der Waals surface area contributed by atoms with Crippen LogP contribution in [0.2, 0.25) is 0 Å². The molecule has 0 N–H and O–H groups in total. The average molecular weight is 198 g/mol. The van der Waals surface area contributed by atoms with Crippen LogP contribution in [0.1, 0.15) is 44.9 Å². The van der Waals surface area contributed by atoms with Crippen LogP contribution >= 0.6 is 0 Å². The summed E-state index contributed by atoms with van der Waals surface area (Å²) in [5.41, 5.74) is 0. The Kier molecular flexibility index (Phi) is 11.8. The first kappa shape index (κ1) is 13.4. The van der Waals surface area contributed by atoms with E-state index in [-0.39, 0.29) is 0 Å². The van der Waals surface area contributed by atoms with Gasteiger partial charge in [-0.3, -0.25) is 0 Å². The molecule has 0 saturated carbocycles. The number of aldehydes is 1. The smallest absolute Gasteiger partial charge is 0.122 e. The van der Waals surface area contributed by atoms with Gasteiger partial charge in [-0.15, -0.1) is 6.58 Å². The fourth-order valence-corrected chi connectivity index (χ4v) is 1.26. The van der Waals surface area contributed by atoms with Gasteiger partial charge in [0.2, 0.25) is 0 Å². The minimum Gasteiger partial charge on any atom is -0.381 e. The van der Waals surface area contributed by atoms with E-state index >= 15 is 0 Å². The molecule has 0 rings (SSSR count). The van der Waals surface area contributed by atoms with Crippen molar-refractivity contribution in [2.75, 3.05) is 13.2 Å². The Morgan fingerprint density at radius 1 is 0.929 bits per heavy atom. The van der Waals surface area contributed by atoms with Crippen molar-refractivity contribution >= 4 is 6.29 Å². The van der Waals surface area contributed by atoms with Crippen molar-refractivity contribution in [1.29, 1.82) is 0 Å². The van der Waals surface area contributed by atoms with Crippen molar-refractivity contribution in [3.8, 4) is 0 Å². The first-order valence-corrected chi connectivity index (χ1v) is 5.54. The Labute approximate surface area is 87.3 Å². The maximum Gasteiger partial charge on any atom is 0.122 e. The summed E-state index contributed by atoms with van der Waals surface area (Å²) in [6, 6.07) is 0. The van der Waals surface area contributed by atoms with Crippen molar-refractivity contribution in [3.05, 3.63) is 12.7 Å². The van der Waals surface area contributed by atoms with Crippen molar-refractivity contribution in [1.82, 2.24) is 0 Å². The van der Waals surface area contributed by atoms with Crippen LogP contribution in [0, 0.1) is 0 Å². The molecular weight excluding hydrogens is 176 g/mol. The summed E-state index contributed by atoms with van der Waals surface area (Å²) in [5, 5.41) is 0. The van der Waals surface area contributed by atoms with Gasteiger partial charge in [0.1, 0.15) is 6.29 Å². The third-order valence-corrected chi connectivity index (χ3v) is 2.08. The maximum absolute atomic E-state index is 9.95. The van der Waals surface area contributed by atoms with Crippen LogP contribution in [-0.2, 0) is 9.53 Å². The van der Waals surface area contributed by atoms with E-state index in [1.165, 1.54) is 25.7 Å². The van der Waals surface area contributed by atoms with Crippen LogP contribution in [-0.4, -0.2) is 19.5 Å². The quantitative estimate of drug-likeness (QED) is 0.290. The molecule has 0 spiro atoms. The Bertz CT molecular complexity index is 116. The molecule has 0 aromatic rings. The number of rotatable bonds is 11. The predicted octanol–water partition coefficient (Wildman–Crippen LogP) is 3.12. The van der Waals surface area contributed by atoms with Gasteiger partial charge in [-0.25, -0.2) is 0 Å². The van der Waals surface area contributed by atoms with Crippen LogP contribution in [0.5, 0.6) is 0 Å². The second-order valence-electron chi connectivity index (χ2n) is 3.41. The lowest BCUT2D eigenvalue weighted by Crippen LogP contribution is -1.97. The Morgan fingerprint density at radius 3 is 2.36 bits per heavy atom. The number of hydrogen-bond acceptors (Lipinski definition) is 2. The minimum atomic E-state index is 0.527. The summed E-state index contributed by atoms with van der Waals surface area (Å²) in [6.45, 7) is 5.07. The third-order valence-electron chi connectivity index (χ3n) is 2.08. The Balaban J connectivity index is 2.84. The number of carbonyl (C=O) groups is 1. The highest BCUT2D eigenvalue weighted by Crippen LogP contribution is 2.05. The third kappa shape index (κ3) is 11.4. The minimum absolute atomic E-state index is 0.527. The Morgan fingerprint density at radius 2 is 1.64 bits per heavy atom. The molecule has 14 heavy (non-hydrogen) atoms. The number of hydrogen-bond donors (Lipinski definition) is 0. The standard InChI is InChI=1S/C12H22O2/c1-2-3-4-5-6-7-8-11-14-12-9-10-13/h2,10H,1,3-9,11-12H2. The topological polar surface area (TPSA) is 26.3 Å². The normalized spacial score (nSPS) is 10.0. The summed E-state index contributed by atoms with van der Waals surface area (Å²) >= 11 is 0. The molecule has 0 heterocycles. The molecule has 0 atom stereocenters. The number of unbranched alkanes of at least 4 members (excludes halogenated alkanes) is 5. The van der Waals surface area contributed by atoms with Gasteiger partial charge in [0.25, 0.3) is 0 Å². The first-order chi connectivity index (χ1) is 6.91. The molecule has 0 bridgehead atoms. The van der Waals surface area contributed by atoms with E-state index in [0.717, 1.165) is 25.7 Å². The van der Waals surface area contributed by atoms with E-state index in [4.69, 9.17) is 4.74 Å². The van der Waals surface area contributed by atoms with Crippen molar-refractivity contribution < 1.29 is 9.53 Å². The zero-order valence-electron chi connectivity index (χ0n) is 9.04. The van der Waals surface area contributed by atoms with E-state index in [1.54, 1.807) is 0 Å². The van der Waals surface area contributed by atoms with E-state index in [0.29, 0.717) is 13.0 Å². The van der Waals surface area contributed by atoms with Crippen molar-refractivity contribution in [2.45, 2.75) is 44.9 Å². The number of carbonyl (C=O) groups excluding carboxylic acids is 1. The maximum atomic E-state index is 9.95. The fourth-order valence-electron chi connectivity index (χ4n) is 1.26. The zero-order chi connectivity index (χ0) is 10.5. The van der Waals surface area contributed by atoms with E-state index in [2.05, 4.69) is 6.58 Å². The highest BCUT2D eigenvalue weighted by atomic mass is 16.5. The molecule has 0 aliphatic carbocycles. The fraction of sp³-hybridized carbons (Fsp3) is 0.750. The molecule has 0 unspecified atom stereocenters. The first-order valence-electron chi connectivity index (χ1n) is 5.54. The summed E-state index contributed by atoms with van der Waals surface area (Å²) in [4.78, 5) is 9.95. The molecule has 2 heteroatoms. The predicted molar refractivity (Wildman–Crippen MR) is 59.4 cm³/mol. The summed E-state index contributed by atoms with van der Waals surface area (Å²) in [6.07, 6.45) is 10.7. The van der Waals surface area contributed by atoms with E-state index < -0.39 is 0 Å². The number of allylic oxidation sites excluding steroid dienone is 1. The van der Waals surface area contributed by atoms with Crippen LogP contribution in [0.4, 0.5) is 0 Å². The monoisotopic (exact) mass is 198 g/mol. The van der Waals surface area contributed by atoms with Crippen LogP contribution in [0.3, 0.4) is 0 Å². The van der Waals surface area contributed by atoms with Crippen molar-refractivity contribution in [3.63, 3.8) is 0 Å². The highest BCUT2D eigenvalue weighted by Gasteiger charge is 1.90. The van der Waals surface area contributed by atoms with Crippen molar-refractivity contribution in [2.24, 2.45) is 0 Å². The Hall–Kier alpha value is -0.630. The van der Waals surface area contributed by atoms with Gasteiger partial charge < -0.3 is 9.53 Å². The molecule has 82 valence electrons. The summed E-state index contributed by atoms with van der Waals surface area (Å²) in [7, 11) is 0. The van der Waals surface area contributed by atoms with Gasteiger partial charge >= 0.3 is 0 Å². The second-order valence-corrected chi connectivity index (χ2v) is 3.41. The molecular formula is C12H22O2. The van der Waals surface area contributed by atoms with E-state index in [9.17, 15) is 4.79 Å². The van der Waals surface area contributed by atoms with Gasteiger partial charge in [-0.05, 0) is 19.3 Å². The molecule has 0 amide bonds. The summed E-state index contributed by atoms with van der Waals surface area (Å²) < 4.78 is 5.25. The van der Waals surface area contributed by atoms with Crippen LogP contribution in [0.25, 0.3) is 0 Å². The molecule has 0 aromatic heterocycles. The molecule has 0 aliphatic rings. The number of ether oxygens (including phenoxy) is 1. The van der Waals surface area contributed by atoms with Gasteiger partial charge in [0, 0.05) is 13.0 Å². The van der Waals surface area contributed by atoms with E-state index in [1.807, 2.05) is 6.08 Å². The molecule has 2 nitrogen and oxygen atoms in total. The van der Waals surface area contributed by atoms with Gasteiger partial charge in [0.15, 0.2) is 0 Å². The molecule has 0 aliphatic heterocycles. The molecule has 0 aromatic carbocycles. The SMILES string of the molecule is C=CCCCCCCCOCCC=O. The second kappa shape index (κ2) is 12.4. The average Bonchev–Trinajstić information content (AvgIpc) is 2.21. The van der Waals surface area contributed by atoms with Gasteiger partial charge in [0.05, 0.1) is 6.61 Å².